The van der Waals surface area contributed by atoms with E-state index in [0.717, 1.165) is 24.2 Å². The SMILES string of the molecule is CCCN(CCC)C(=O)C(C(N)=O)(c1ccc2nc(C)cc(N)c2c1)c1ccc2nc(C)cc(N)c2c1. The highest BCUT2D eigenvalue weighted by atomic mass is 16.2. The molecule has 0 fully saturated rings. The lowest BCUT2D eigenvalue weighted by Gasteiger charge is -2.36. The summed E-state index contributed by atoms with van der Waals surface area (Å²) < 4.78 is 0. The Kier molecular flexibility index (Phi) is 7.03. The van der Waals surface area contributed by atoms with Crippen LogP contribution in [0.4, 0.5) is 11.4 Å². The quantitative estimate of drug-likeness (QED) is 0.314. The van der Waals surface area contributed by atoms with Gasteiger partial charge in [-0.2, -0.15) is 0 Å². The molecule has 2 heterocycles. The molecule has 2 amide bonds. The van der Waals surface area contributed by atoms with Crippen LogP contribution in [0.15, 0.2) is 48.5 Å². The summed E-state index contributed by atoms with van der Waals surface area (Å²) in [5, 5.41) is 1.30. The Morgan fingerprint density at radius 2 is 1.22 bits per heavy atom. The molecule has 0 aliphatic rings. The number of rotatable bonds is 8. The zero-order valence-electron chi connectivity index (χ0n) is 21.8. The van der Waals surface area contributed by atoms with Crippen LogP contribution >= 0.6 is 0 Å². The number of nitrogens with two attached hydrogens (primary N) is 3. The van der Waals surface area contributed by atoms with Crippen molar-refractivity contribution in [2.75, 3.05) is 24.6 Å². The lowest BCUT2D eigenvalue weighted by molar-refractivity contribution is -0.141. The summed E-state index contributed by atoms with van der Waals surface area (Å²) in [5.41, 5.74) is 21.9. The van der Waals surface area contributed by atoms with Crippen molar-refractivity contribution in [2.24, 2.45) is 5.73 Å². The summed E-state index contributed by atoms with van der Waals surface area (Å²) in [6, 6.07) is 14.1. The number of benzene rings is 2. The number of nitrogens with zero attached hydrogens (tertiary/aromatic N) is 3. The van der Waals surface area contributed by atoms with Crippen molar-refractivity contribution in [1.29, 1.82) is 0 Å². The Morgan fingerprint density at radius 3 is 1.59 bits per heavy atom. The van der Waals surface area contributed by atoms with E-state index in [-0.39, 0.29) is 5.91 Å². The highest BCUT2D eigenvalue weighted by Gasteiger charge is 2.50. The molecule has 0 unspecified atom stereocenters. The van der Waals surface area contributed by atoms with E-state index in [4.69, 9.17) is 17.2 Å². The predicted molar refractivity (Wildman–Crippen MR) is 149 cm³/mol. The molecule has 0 aliphatic carbocycles. The molecule has 0 saturated heterocycles. The Morgan fingerprint density at radius 1 is 0.784 bits per heavy atom. The number of pyridine rings is 2. The molecule has 37 heavy (non-hydrogen) atoms. The lowest BCUT2D eigenvalue weighted by atomic mass is 9.71. The van der Waals surface area contributed by atoms with E-state index in [0.29, 0.717) is 57.4 Å². The smallest absolute Gasteiger partial charge is 0.247 e. The topological polar surface area (TPSA) is 141 Å². The zero-order chi connectivity index (χ0) is 26.9. The Hall–Kier alpha value is -4.20. The first-order valence-electron chi connectivity index (χ1n) is 12.6. The molecule has 0 atom stereocenters. The second-order valence-corrected chi connectivity index (χ2v) is 9.58. The van der Waals surface area contributed by atoms with Crippen molar-refractivity contribution in [2.45, 2.75) is 46.0 Å². The highest BCUT2D eigenvalue weighted by molar-refractivity contribution is 6.15. The summed E-state index contributed by atoms with van der Waals surface area (Å²) >= 11 is 0. The number of hydrogen-bond acceptors (Lipinski definition) is 6. The molecule has 4 aromatic rings. The summed E-state index contributed by atoms with van der Waals surface area (Å²) in [4.78, 5) is 38.9. The van der Waals surface area contributed by atoms with Gasteiger partial charge in [-0.1, -0.05) is 26.0 Å². The maximum atomic E-state index is 14.5. The summed E-state index contributed by atoms with van der Waals surface area (Å²) in [6.07, 6.45) is 1.48. The van der Waals surface area contributed by atoms with E-state index in [2.05, 4.69) is 9.97 Å². The van der Waals surface area contributed by atoms with Gasteiger partial charge in [0.05, 0.1) is 11.0 Å². The highest BCUT2D eigenvalue weighted by Crippen LogP contribution is 2.39. The van der Waals surface area contributed by atoms with Crippen LogP contribution in [0.1, 0.15) is 49.2 Å². The van der Waals surface area contributed by atoms with Crippen molar-refractivity contribution >= 4 is 45.0 Å². The van der Waals surface area contributed by atoms with Crippen LogP contribution in [-0.2, 0) is 15.0 Å². The summed E-state index contributed by atoms with van der Waals surface area (Å²) in [6.45, 7) is 8.71. The van der Waals surface area contributed by atoms with E-state index >= 15 is 0 Å². The standard InChI is InChI=1S/C29H34N6O2/c1-5-11-35(12-6-2)28(37)29(27(32)36,19-7-9-25-21(15-19)23(30)13-17(3)33-25)20-8-10-26-22(16-20)24(31)14-18(4)34-26/h7-10,13-16H,5-6,11-12H2,1-4H3,(H2,30,33)(H2,31,34)(H2,32,36). The zero-order valence-corrected chi connectivity index (χ0v) is 21.8. The molecule has 2 aromatic carbocycles. The Balaban J connectivity index is 2.08. The van der Waals surface area contributed by atoms with Gasteiger partial charge in [0.1, 0.15) is 0 Å². The van der Waals surface area contributed by atoms with Gasteiger partial charge in [-0.05, 0) is 74.2 Å². The van der Waals surface area contributed by atoms with Gasteiger partial charge in [0.15, 0.2) is 5.41 Å². The first-order chi connectivity index (χ1) is 17.6. The van der Waals surface area contributed by atoms with Gasteiger partial charge in [0.25, 0.3) is 0 Å². The molecule has 0 radical (unpaired) electrons. The number of anilines is 2. The molecule has 6 N–H and O–H groups in total. The molecule has 0 aliphatic heterocycles. The fourth-order valence-electron chi connectivity index (χ4n) is 5.14. The van der Waals surface area contributed by atoms with Crippen LogP contribution in [-0.4, -0.2) is 39.8 Å². The second-order valence-electron chi connectivity index (χ2n) is 9.58. The third-order valence-electron chi connectivity index (χ3n) is 6.77. The predicted octanol–water partition coefficient (Wildman–Crippen LogP) is 3.98. The van der Waals surface area contributed by atoms with Crippen molar-refractivity contribution in [3.8, 4) is 0 Å². The van der Waals surface area contributed by atoms with Crippen LogP contribution in [0.5, 0.6) is 0 Å². The molecule has 2 aromatic heterocycles. The van der Waals surface area contributed by atoms with Crippen LogP contribution in [0, 0.1) is 13.8 Å². The first kappa shape index (κ1) is 25.9. The molecule has 0 bridgehead atoms. The largest absolute Gasteiger partial charge is 0.398 e. The summed E-state index contributed by atoms with van der Waals surface area (Å²) in [5.74, 6) is -1.15. The van der Waals surface area contributed by atoms with Crippen molar-refractivity contribution in [3.05, 3.63) is 71.0 Å². The molecule has 8 nitrogen and oxygen atoms in total. The molecular formula is C29H34N6O2. The maximum absolute atomic E-state index is 14.5. The van der Waals surface area contributed by atoms with Gasteiger partial charge >= 0.3 is 0 Å². The van der Waals surface area contributed by atoms with E-state index in [1.807, 2.05) is 27.7 Å². The van der Waals surface area contributed by atoms with Crippen LogP contribution in [0.25, 0.3) is 21.8 Å². The van der Waals surface area contributed by atoms with Crippen LogP contribution in [0.3, 0.4) is 0 Å². The second kappa shape index (κ2) is 10.0. The fraction of sp³-hybridized carbons (Fsp3) is 0.310. The number of primary amides is 1. The number of aryl methyl sites for hydroxylation is 2. The van der Waals surface area contributed by atoms with E-state index in [9.17, 15) is 9.59 Å². The molecular weight excluding hydrogens is 464 g/mol. The Labute approximate surface area is 216 Å². The van der Waals surface area contributed by atoms with Crippen molar-refractivity contribution in [3.63, 3.8) is 0 Å². The van der Waals surface area contributed by atoms with Gasteiger partial charge in [0, 0.05) is 46.6 Å². The first-order valence-corrected chi connectivity index (χ1v) is 12.6. The average Bonchev–Trinajstić information content (AvgIpc) is 2.84. The number of carbonyl (C=O) groups is 2. The molecule has 0 saturated carbocycles. The van der Waals surface area contributed by atoms with E-state index in [1.165, 1.54) is 0 Å². The molecule has 192 valence electrons. The van der Waals surface area contributed by atoms with Crippen molar-refractivity contribution < 1.29 is 9.59 Å². The molecule has 0 spiro atoms. The van der Waals surface area contributed by atoms with Gasteiger partial charge < -0.3 is 22.1 Å². The van der Waals surface area contributed by atoms with Crippen LogP contribution < -0.4 is 17.2 Å². The minimum atomic E-state index is -1.80. The van der Waals surface area contributed by atoms with Gasteiger partial charge in [-0.15, -0.1) is 0 Å². The average molecular weight is 499 g/mol. The monoisotopic (exact) mass is 498 g/mol. The lowest BCUT2D eigenvalue weighted by Crippen LogP contribution is -2.55. The normalized spacial score (nSPS) is 11.7. The van der Waals surface area contributed by atoms with E-state index < -0.39 is 11.3 Å². The Bertz CT molecular complexity index is 1420. The molecule has 8 heteroatoms. The van der Waals surface area contributed by atoms with Crippen LogP contribution in [0.2, 0.25) is 0 Å². The van der Waals surface area contributed by atoms with Gasteiger partial charge in [-0.3, -0.25) is 19.6 Å². The third kappa shape index (κ3) is 4.43. The van der Waals surface area contributed by atoms with Gasteiger partial charge in [0.2, 0.25) is 11.8 Å². The minimum Gasteiger partial charge on any atom is -0.398 e. The third-order valence-corrected chi connectivity index (χ3v) is 6.77. The summed E-state index contributed by atoms with van der Waals surface area (Å²) in [7, 11) is 0. The number of nitrogen functional groups attached to an aromatic ring is 2. The fourth-order valence-corrected chi connectivity index (χ4v) is 5.14. The number of hydrogen-bond donors (Lipinski definition) is 3. The number of carbonyl (C=O) groups excluding carboxylic acids is 2. The number of aromatic nitrogens is 2. The maximum Gasteiger partial charge on any atom is 0.247 e. The molecule has 4 rings (SSSR count). The van der Waals surface area contributed by atoms with Gasteiger partial charge in [-0.25, -0.2) is 0 Å². The number of fused-ring (bicyclic) bond motifs is 2. The van der Waals surface area contributed by atoms with Crippen molar-refractivity contribution in [1.82, 2.24) is 14.9 Å². The van der Waals surface area contributed by atoms with E-state index in [1.54, 1.807) is 53.4 Å². The minimum absolute atomic E-state index is 0.375. The number of amides is 2.